The maximum atomic E-state index is 6.04. The minimum absolute atomic E-state index is 0.548. The minimum Gasteiger partial charge on any atom is -0.493 e. The van der Waals surface area contributed by atoms with E-state index in [2.05, 4.69) is 25.5 Å². The number of ether oxygens (including phenoxy) is 3. The Labute approximate surface area is 190 Å². The van der Waals surface area contributed by atoms with Crippen molar-refractivity contribution in [3.63, 3.8) is 0 Å². The predicted molar refractivity (Wildman–Crippen MR) is 126 cm³/mol. The lowest BCUT2D eigenvalue weighted by Crippen LogP contribution is -2.23. The number of methoxy groups -OCH3 is 1. The molecule has 2 fully saturated rings. The Balaban J connectivity index is 1.31. The van der Waals surface area contributed by atoms with E-state index in [-0.39, 0.29) is 0 Å². The number of anilines is 3. The zero-order chi connectivity index (χ0) is 22.0. The third-order valence-corrected chi connectivity index (χ3v) is 6.06. The van der Waals surface area contributed by atoms with Crippen LogP contribution in [-0.2, 0) is 4.74 Å². The van der Waals surface area contributed by atoms with Gasteiger partial charge in [-0.1, -0.05) is 0 Å². The van der Waals surface area contributed by atoms with Crippen LogP contribution in [0, 0.1) is 5.92 Å². The quantitative estimate of drug-likeness (QED) is 0.508. The van der Waals surface area contributed by atoms with Gasteiger partial charge in [-0.05, 0) is 69.3 Å². The number of benzene rings is 1. The van der Waals surface area contributed by atoms with Crippen molar-refractivity contribution < 1.29 is 14.2 Å². The van der Waals surface area contributed by atoms with Crippen LogP contribution in [0.5, 0.6) is 11.5 Å². The number of hydrogen-bond donors (Lipinski definition) is 2. The molecule has 2 N–H and O–H groups in total. The Morgan fingerprint density at radius 1 is 1.12 bits per heavy atom. The molecule has 0 bridgehead atoms. The van der Waals surface area contributed by atoms with Gasteiger partial charge in [0.2, 0.25) is 5.95 Å². The zero-order valence-corrected chi connectivity index (χ0v) is 19.0. The molecular weight excluding hydrogens is 406 g/mol. The van der Waals surface area contributed by atoms with Gasteiger partial charge in [-0.3, -0.25) is 0 Å². The van der Waals surface area contributed by atoms with Gasteiger partial charge in [0.25, 0.3) is 0 Å². The Hall–Kier alpha value is -2.58. The Morgan fingerprint density at radius 3 is 2.78 bits per heavy atom. The highest BCUT2D eigenvalue weighted by Gasteiger charge is 2.14. The molecule has 32 heavy (non-hydrogen) atoms. The monoisotopic (exact) mass is 441 g/mol. The van der Waals surface area contributed by atoms with E-state index in [1.807, 2.05) is 24.3 Å². The summed E-state index contributed by atoms with van der Waals surface area (Å²) in [4.78, 5) is 11.5. The van der Waals surface area contributed by atoms with E-state index in [1.165, 1.54) is 25.9 Å². The molecule has 2 aromatic rings. The van der Waals surface area contributed by atoms with Crippen LogP contribution in [0.4, 0.5) is 17.5 Å². The standard InChI is InChI=1S/C24H35N5O3/c1-30-21-6-5-20(17-22(21)32-14-4-13-29-11-2-3-12-29)27-24-25-10-7-23(28-24)26-18-19-8-15-31-16-9-19/h5-7,10,17,19H,2-4,8-9,11-16,18H2,1H3,(H2,25,26,27,28). The van der Waals surface area contributed by atoms with Gasteiger partial charge >= 0.3 is 0 Å². The molecule has 8 heteroatoms. The van der Waals surface area contributed by atoms with Crippen molar-refractivity contribution in [2.75, 3.05) is 63.7 Å². The summed E-state index contributed by atoms with van der Waals surface area (Å²) in [7, 11) is 1.66. The van der Waals surface area contributed by atoms with Gasteiger partial charge < -0.3 is 29.7 Å². The average Bonchev–Trinajstić information content (AvgIpc) is 3.35. The number of nitrogens with one attached hydrogen (secondary N) is 2. The maximum absolute atomic E-state index is 6.04. The van der Waals surface area contributed by atoms with Crippen molar-refractivity contribution in [1.29, 1.82) is 0 Å². The highest BCUT2D eigenvalue weighted by molar-refractivity contribution is 5.60. The fourth-order valence-corrected chi connectivity index (χ4v) is 4.19. The molecule has 174 valence electrons. The molecule has 1 aromatic carbocycles. The number of aromatic nitrogens is 2. The molecular formula is C24H35N5O3. The van der Waals surface area contributed by atoms with Crippen LogP contribution < -0.4 is 20.1 Å². The summed E-state index contributed by atoms with van der Waals surface area (Å²) in [5, 5.41) is 6.72. The summed E-state index contributed by atoms with van der Waals surface area (Å²) in [6.07, 6.45) is 7.59. The molecule has 0 unspecified atom stereocenters. The van der Waals surface area contributed by atoms with Crippen LogP contribution in [0.25, 0.3) is 0 Å². The Bertz CT molecular complexity index is 838. The van der Waals surface area contributed by atoms with Crippen molar-refractivity contribution in [1.82, 2.24) is 14.9 Å². The molecule has 0 spiro atoms. The molecule has 4 rings (SSSR count). The summed E-state index contributed by atoms with van der Waals surface area (Å²) < 4.78 is 16.9. The first kappa shape index (κ1) is 22.6. The summed E-state index contributed by atoms with van der Waals surface area (Å²) in [6, 6.07) is 7.69. The normalized spacial score (nSPS) is 17.3. The second-order valence-electron chi connectivity index (χ2n) is 8.44. The summed E-state index contributed by atoms with van der Waals surface area (Å²) in [5.74, 6) is 3.45. The van der Waals surface area contributed by atoms with Gasteiger partial charge in [-0.15, -0.1) is 0 Å². The van der Waals surface area contributed by atoms with Crippen LogP contribution >= 0.6 is 0 Å². The zero-order valence-electron chi connectivity index (χ0n) is 19.0. The van der Waals surface area contributed by atoms with Crippen LogP contribution in [-0.4, -0.2) is 68.0 Å². The minimum atomic E-state index is 0.548. The van der Waals surface area contributed by atoms with E-state index in [0.29, 0.717) is 18.5 Å². The van der Waals surface area contributed by atoms with E-state index < -0.39 is 0 Å². The fourth-order valence-electron chi connectivity index (χ4n) is 4.19. The lowest BCUT2D eigenvalue weighted by atomic mass is 10.0. The number of hydrogen-bond acceptors (Lipinski definition) is 8. The maximum Gasteiger partial charge on any atom is 0.229 e. The number of rotatable bonds is 11. The summed E-state index contributed by atoms with van der Waals surface area (Å²) in [5.41, 5.74) is 0.863. The van der Waals surface area contributed by atoms with Gasteiger partial charge in [0.1, 0.15) is 5.82 Å². The Morgan fingerprint density at radius 2 is 1.97 bits per heavy atom. The predicted octanol–water partition coefficient (Wildman–Crippen LogP) is 3.93. The molecule has 0 saturated carbocycles. The van der Waals surface area contributed by atoms with Crippen molar-refractivity contribution in [2.24, 2.45) is 5.92 Å². The fraction of sp³-hybridized carbons (Fsp3) is 0.583. The highest BCUT2D eigenvalue weighted by atomic mass is 16.5. The number of nitrogens with zero attached hydrogens (tertiary/aromatic N) is 3. The van der Waals surface area contributed by atoms with Crippen molar-refractivity contribution in [2.45, 2.75) is 32.1 Å². The van der Waals surface area contributed by atoms with Gasteiger partial charge in [-0.2, -0.15) is 4.98 Å². The second kappa shape index (κ2) is 11.9. The largest absolute Gasteiger partial charge is 0.493 e. The molecule has 2 aliphatic heterocycles. The average molecular weight is 442 g/mol. The molecule has 2 saturated heterocycles. The van der Waals surface area contributed by atoms with Crippen LogP contribution in [0.2, 0.25) is 0 Å². The first-order chi connectivity index (χ1) is 15.8. The molecule has 0 aliphatic carbocycles. The molecule has 1 aromatic heterocycles. The highest BCUT2D eigenvalue weighted by Crippen LogP contribution is 2.31. The molecule has 0 amide bonds. The van der Waals surface area contributed by atoms with Gasteiger partial charge in [0.05, 0.1) is 13.7 Å². The summed E-state index contributed by atoms with van der Waals surface area (Å²) in [6.45, 7) is 6.78. The smallest absolute Gasteiger partial charge is 0.229 e. The van der Waals surface area contributed by atoms with Crippen molar-refractivity contribution >= 4 is 17.5 Å². The summed E-state index contributed by atoms with van der Waals surface area (Å²) >= 11 is 0. The van der Waals surface area contributed by atoms with Crippen molar-refractivity contribution in [3.05, 3.63) is 30.5 Å². The van der Waals surface area contributed by atoms with E-state index in [9.17, 15) is 0 Å². The van der Waals surface area contributed by atoms with Gasteiger partial charge in [-0.25, -0.2) is 4.98 Å². The lowest BCUT2D eigenvalue weighted by Gasteiger charge is -2.22. The SMILES string of the molecule is COc1ccc(Nc2nccc(NCC3CCOCC3)n2)cc1OCCCN1CCCC1. The molecule has 0 radical (unpaired) electrons. The third kappa shape index (κ3) is 6.71. The van der Waals surface area contributed by atoms with Crippen LogP contribution in [0.1, 0.15) is 32.1 Å². The molecule has 3 heterocycles. The first-order valence-corrected chi connectivity index (χ1v) is 11.7. The third-order valence-electron chi connectivity index (χ3n) is 6.06. The second-order valence-corrected chi connectivity index (χ2v) is 8.44. The van der Waals surface area contributed by atoms with Crippen molar-refractivity contribution in [3.8, 4) is 11.5 Å². The van der Waals surface area contributed by atoms with Crippen LogP contribution in [0.3, 0.4) is 0 Å². The molecule has 8 nitrogen and oxygen atoms in total. The first-order valence-electron chi connectivity index (χ1n) is 11.7. The van der Waals surface area contributed by atoms with E-state index >= 15 is 0 Å². The topological polar surface area (TPSA) is 80.8 Å². The lowest BCUT2D eigenvalue weighted by molar-refractivity contribution is 0.0699. The van der Waals surface area contributed by atoms with E-state index in [4.69, 9.17) is 14.2 Å². The molecule has 0 atom stereocenters. The van der Waals surface area contributed by atoms with Gasteiger partial charge in [0, 0.05) is 44.3 Å². The van der Waals surface area contributed by atoms with Crippen LogP contribution in [0.15, 0.2) is 30.5 Å². The van der Waals surface area contributed by atoms with Gasteiger partial charge in [0.15, 0.2) is 11.5 Å². The molecule has 2 aliphatic rings. The Kier molecular flexibility index (Phi) is 8.39. The van der Waals surface area contributed by atoms with E-state index in [1.54, 1.807) is 13.3 Å². The van der Waals surface area contributed by atoms with E-state index in [0.717, 1.165) is 68.6 Å². The number of likely N-dealkylation sites (tertiary alicyclic amines) is 1.